The summed E-state index contributed by atoms with van der Waals surface area (Å²) in [6.07, 6.45) is 10.3. The van der Waals surface area contributed by atoms with Crippen LogP contribution >= 0.6 is 0 Å². The van der Waals surface area contributed by atoms with Crippen LogP contribution in [-0.4, -0.2) is 61.5 Å². The minimum atomic E-state index is -0.402. The SMILES string of the molecule is CC1C[C@H](C)[C@@H](O[C@H]2OC(CNCC3CC3)=CC[C@H]2N)C(C)[C@H]1CC1CCC(C)(C)[C@H](N(C)C(=O)CC(C)(C)C)C1N. The molecule has 5 N–H and O–H groups in total. The van der Waals surface area contributed by atoms with Crippen LogP contribution in [0.5, 0.6) is 0 Å². The van der Waals surface area contributed by atoms with E-state index in [0.29, 0.717) is 36.0 Å². The summed E-state index contributed by atoms with van der Waals surface area (Å²) in [6.45, 7) is 19.9. The van der Waals surface area contributed by atoms with E-state index in [0.717, 1.165) is 56.9 Å². The maximum Gasteiger partial charge on any atom is 0.223 e. The van der Waals surface area contributed by atoms with Gasteiger partial charge < -0.3 is 31.2 Å². The monoisotopic (exact) mass is 588 g/mol. The molecule has 3 aliphatic carbocycles. The smallest absolute Gasteiger partial charge is 0.223 e. The maximum absolute atomic E-state index is 13.3. The summed E-state index contributed by atoms with van der Waals surface area (Å²) in [4.78, 5) is 15.3. The molecule has 1 aliphatic heterocycles. The van der Waals surface area contributed by atoms with Crippen molar-refractivity contribution in [3.05, 3.63) is 11.8 Å². The molecule has 3 fully saturated rings. The number of likely N-dealkylation sites (N-methyl/N-ethyl adjacent to an activating group) is 1. The molecular formula is C35H64N4O3. The van der Waals surface area contributed by atoms with E-state index in [9.17, 15) is 4.79 Å². The Morgan fingerprint density at radius 2 is 1.83 bits per heavy atom. The molecule has 0 bridgehead atoms. The fourth-order valence-electron chi connectivity index (χ4n) is 8.48. The van der Waals surface area contributed by atoms with Crippen molar-refractivity contribution in [2.45, 2.75) is 137 Å². The van der Waals surface area contributed by atoms with Crippen molar-refractivity contribution in [3.8, 4) is 0 Å². The Balaban J connectivity index is 1.41. The molecule has 0 radical (unpaired) electrons. The highest BCUT2D eigenvalue weighted by atomic mass is 16.7. The maximum atomic E-state index is 13.3. The van der Waals surface area contributed by atoms with E-state index in [2.05, 4.69) is 66.8 Å². The predicted molar refractivity (Wildman–Crippen MR) is 171 cm³/mol. The highest BCUT2D eigenvalue weighted by Crippen LogP contribution is 2.48. The molecule has 7 heteroatoms. The van der Waals surface area contributed by atoms with E-state index in [-0.39, 0.29) is 41.0 Å². The molecule has 4 unspecified atom stereocenters. The summed E-state index contributed by atoms with van der Waals surface area (Å²) >= 11 is 0. The van der Waals surface area contributed by atoms with E-state index in [1.807, 2.05) is 11.9 Å². The average Bonchev–Trinajstić information content (AvgIpc) is 3.70. The number of carbonyl (C=O) groups is 1. The third kappa shape index (κ3) is 8.31. The molecule has 0 aromatic heterocycles. The summed E-state index contributed by atoms with van der Waals surface area (Å²) in [5, 5.41) is 3.55. The lowest BCUT2D eigenvalue weighted by Crippen LogP contribution is -2.62. The van der Waals surface area contributed by atoms with Crippen molar-refractivity contribution in [1.29, 1.82) is 0 Å². The first-order valence-electron chi connectivity index (χ1n) is 17.1. The van der Waals surface area contributed by atoms with E-state index in [4.69, 9.17) is 20.9 Å². The van der Waals surface area contributed by atoms with E-state index < -0.39 is 6.29 Å². The normalized spacial score (nSPS) is 38.9. The number of hydrogen-bond acceptors (Lipinski definition) is 6. The standard InChI is InChI=1S/C35H64N4O3/c1-21-16-22(2)31(42-33-28(36)13-12-26(41-33)20-38-19-24-10-11-24)23(3)27(21)17-25-14-15-35(7,8)32(30(25)37)39(9)29(40)18-34(4,5)6/h12,21-25,27-28,30-33,38H,10-11,13-20,36-37H2,1-9H3/t21?,22-,23?,25?,27-,28+,30?,31+,32+,33+/m0/s1. The highest BCUT2D eigenvalue weighted by molar-refractivity contribution is 5.77. The van der Waals surface area contributed by atoms with Gasteiger partial charge in [0, 0.05) is 19.5 Å². The molecule has 0 spiro atoms. The number of hydrogen-bond donors (Lipinski definition) is 3. The fourth-order valence-corrected chi connectivity index (χ4v) is 8.48. The summed E-state index contributed by atoms with van der Waals surface area (Å²) in [6, 6.07) is -0.143. The molecule has 10 atom stereocenters. The van der Waals surface area contributed by atoms with Crippen LogP contribution in [0.25, 0.3) is 0 Å². The predicted octanol–water partition coefficient (Wildman–Crippen LogP) is 5.67. The molecule has 0 aromatic carbocycles. The van der Waals surface area contributed by atoms with Gasteiger partial charge in [-0.1, -0.05) is 55.4 Å². The van der Waals surface area contributed by atoms with Gasteiger partial charge in [-0.2, -0.15) is 0 Å². The van der Waals surface area contributed by atoms with Crippen molar-refractivity contribution < 1.29 is 14.3 Å². The lowest BCUT2D eigenvalue weighted by Gasteiger charge is -2.53. The molecule has 1 amide bonds. The first-order valence-corrected chi connectivity index (χ1v) is 17.1. The molecule has 4 aliphatic rings. The largest absolute Gasteiger partial charge is 0.467 e. The van der Waals surface area contributed by atoms with Gasteiger partial charge >= 0.3 is 0 Å². The zero-order valence-corrected chi connectivity index (χ0v) is 28.3. The van der Waals surface area contributed by atoms with Gasteiger partial charge in [0.2, 0.25) is 12.2 Å². The minimum Gasteiger partial charge on any atom is -0.467 e. The quantitative estimate of drug-likeness (QED) is 0.304. The van der Waals surface area contributed by atoms with Crippen molar-refractivity contribution in [1.82, 2.24) is 10.2 Å². The lowest BCUT2D eigenvalue weighted by atomic mass is 9.60. The Kier molecular flexibility index (Phi) is 10.8. The molecule has 242 valence electrons. The Morgan fingerprint density at radius 1 is 1.14 bits per heavy atom. The van der Waals surface area contributed by atoms with Crippen LogP contribution < -0.4 is 16.8 Å². The second-order valence-corrected chi connectivity index (χ2v) is 16.7. The van der Waals surface area contributed by atoms with Gasteiger partial charge in [-0.15, -0.1) is 0 Å². The van der Waals surface area contributed by atoms with Gasteiger partial charge in [0.25, 0.3) is 0 Å². The van der Waals surface area contributed by atoms with Crippen LogP contribution in [0.4, 0.5) is 0 Å². The summed E-state index contributed by atoms with van der Waals surface area (Å²) in [7, 11) is 1.98. The Morgan fingerprint density at radius 3 is 2.48 bits per heavy atom. The number of ether oxygens (including phenoxy) is 2. The second-order valence-electron chi connectivity index (χ2n) is 16.7. The van der Waals surface area contributed by atoms with E-state index in [1.165, 1.54) is 12.8 Å². The van der Waals surface area contributed by atoms with E-state index in [1.54, 1.807) is 0 Å². The Labute approximate surface area is 257 Å². The molecule has 0 aromatic rings. The number of carbonyl (C=O) groups excluding carboxylic acids is 1. The van der Waals surface area contributed by atoms with Crippen LogP contribution in [0.2, 0.25) is 0 Å². The zero-order chi connectivity index (χ0) is 31.0. The molecular weight excluding hydrogens is 524 g/mol. The number of nitrogens with one attached hydrogen (secondary N) is 1. The van der Waals surface area contributed by atoms with Crippen LogP contribution in [-0.2, 0) is 14.3 Å². The van der Waals surface area contributed by atoms with Crippen molar-refractivity contribution in [3.63, 3.8) is 0 Å². The molecule has 3 saturated carbocycles. The highest BCUT2D eigenvalue weighted by Gasteiger charge is 2.49. The van der Waals surface area contributed by atoms with Crippen molar-refractivity contribution >= 4 is 5.91 Å². The summed E-state index contributed by atoms with van der Waals surface area (Å²) < 4.78 is 13.1. The molecule has 7 nitrogen and oxygen atoms in total. The fraction of sp³-hybridized carbons (Fsp3) is 0.914. The second kappa shape index (κ2) is 13.5. The van der Waals surface area contributed by atoms with Crippen molar-refractivity contribution in [2.75, 3.05) is 20.1 Å². The molecule has 0 saturated heterocycles. The molecule has 1 heterocycles. The minimum absolute atomic E-state index is 0.00460. The van der Waals surface area contributed by atoms with Gasteiger partial charge in [-0.05, 0) is 104 Å². The summed E-state index contributed by atoms with van der Waals surface area (Å²) in [5.74, 6) is 4.33. The number of nitrogens with zero attached hydrogens (tertiary/aromatic N) is 1. The van der Waals surface area contributed by atoms with Crippen LogP contribution in [0.15, 0.2) is 11.8 Å². The lowest BCUT2D eigenvalue weighted by molar-refractivity contribution is -0.207. The summed E-state index contributed by atoms with van der Waals surface area (Å²) in [5.41, 5.74) is 13.6. The molecule has 4 rings (SSSR count). The first-order chi connectivity index (χ1) is 19.6. The van der Waals surface area contributed by atoms with Crippen LogP contribution in [0.1, 0.15) is 107 Å². The number of nitrogens with two attached hydrogens (primary N) is 2. The van der Waals surface area contributed by atoms with Crippen LogP contribution in [0, 0.1) is 46.3 Å². The Bertz CT molecular complexity index is 941. The third-order valence-electron chi connectivity index (χ3n) is 11.1. The number of amides is 1. The van der Waals surface area contributed by atoms with Crippen LogP contribution in [0.3, 0.4) is 0 Å². The van der Waals surface area contributed by atoms with E-state index >= 15 is 0 Å². The van der Waals surface area contributed by atoms with Gasteiger partial charge in [0.15, 0.2) is 0 Å². The van der Waals surface area contributed by atoms with Gasteiger partial charge in [-0.3, -0.25) is 4.79 Å². The molecule has 42 heavy (non-hydrogen) atoms. The topological polar surface area (TPSA) is 103 Å². The van der Waals surface area contributed by atoms with Gasteiger partial charge in [-0.25, -0.2) is 0 Å². The Hall–Kier alpha value is -1.15. The average molecular weight is 589 g/mol. The zero-order valence-electron chi connectivity index (χ0n) is 28.3. The van der Waals surface area contributed by atoms with Gasteiger partial charge in [0.1, 0.15) is 5.76 Å². The van der Waals surface area contributed by atoms with Crippen molar-refractivity contribution in [2.24, 2.45) is 57.8 Å². The first kappa shape index (κ1) is 33.7. The third-order valence-corrected chi connectivity index (χ3v) is 11.1. The van der Waals surface area contributed by atoms with Gasteiger partial charge in [0.05, 0.1) is 24.7 Å². The number of rotatable bonds is 10.